The standard InChI is InChI=1S/C12H16O/c1-9-8-12-6-3-2-5-11(9,12)7-4-10(12)13/h1-8H2. The van der Waals surface area contributed by atoms with Crippen molar-refractivity contribution in [1.82, 2.24) is 0 Å². The molecule has 0 aromatic rings. The molecule has 13 heavy (non-hydrogen) atoms. The lowest BCUT2D eigenvalue weighted by molar-refractivity contribution is -0.137. The molecule has 0 radical (unpaired) electrons. The third kappa shape index (κ3) is 0.619. The van der Waals surface area contributed by atoms with Crippen molar-refractivity contribution in [3.8, 4) is 0 Å². The van der Waals surface area contributed by atoms with Gasteiger partial charge < -0.3 is 0 Å². The van der Waals surface area contributed by atoms with E-state index in [1.54, 1.807) is 0 Å². The first kappa shape index (κ1) is 7.78. The normalized spacial score (nSPS) is 48.3. The monoisotopic (exact) mass is 176 g/mol. The summed E-state index contributed by atoms with van der Waals surface area (Å²) >= 11 is 0. The molecule has 2 atom stereocenters. The number of hydrogen-bond donors (Lipinski definition) is 0. The molecule has 0 N–H and O–H groups in total. The largest absolute Gasteiger partial charge is 0.299 e. The number of rotatable bonds is 0. The van der Waals surface area contributed by atoms with Crippen molar-refractivity contribution in [3.05, 3.63) is 12.2 Å². The predicted molar refractivity (Wildman–Crippen MR) is 51.3 cm³/mol. The molecule has 3 fully saturated rings. The van der Waals surface area contributed by atoms with Crippen LogP contribution in [-0.4, -0.2) is 5.78 Å². The minimum Gasteiger partial charge on any atom is -0.299 e. The molecular formula is C12H16O. The lowest BCUT2D eigenvalue weighted by atomic mass is 9.43. The first-order valence-corrected chi connectivity index (χ1v) is 5.43. The van der Waals surface area contributed by atoms with E-state index in [0.29, 0.717) is 11.2 Å². The zero-order valence-corrected chi connectivity index (χ0v) is 8.07. The molecule has 0 aromatic heterocycles. The van der Waals surface area contributed by atoms with E-state index in [1.807, 2.05) is 0 Å². The summed E-state index contributed by atoms with van der Waals surface area (Å²) in [5.74, 6) is 0.555. The van der Waals surface area contributed by atoms with Gasteiger partial charge in [-0.15, -0.1) is 0 Å². The third-order valence-corrected chi connectivity index (χ3v) is 4.88. The van der Waals surface area contributed by atoms with Gasteiger partial charge in [-0.05, 0) is 25.7 Å². The minimum absolute atomic E-state index is 0.0995. The Bertz CT molecular complexity index is 298. The van der Waals surface area contributed by atoms with Gasteiger partial charge >= 0.3 is 0 Å². The molecule has 0 heterocycles. The Hall–Kier alpha value is -0.590. The maximum Gasteiger partial charge on any atom is 0.140 e. The van der Waals surface area contributed by atoms with Gasteiger partial charge in [0.2, 0.25) is 0 Å². The molecule has 0 amide bonds. The molecule has 1 heteroatoms. The van der Waals surface area contributed by atoms with Crippen LogP contribution in [-0.2, 0) is 4.79 Å². The number of allylic oxidation sites excluding steroid dienone is 1. The average Bonchev–Trinajstić information content (AvgIpc) is 2.37. The van der Waals surface area contributed by atoms with Gasteiger partial charge in [0, 0.05) is 17.3 Å². The van der Waals surface area contributed by atoms with E-state index in [4.69, 9.17) is 0 Å². The van der Waals surface area contributed by atoms with Crippen molar-refractivity contribution in [2.75, 3.05) is 0 Å². The topological polar surface area (TPSA) is 17.1 Å². The average molecular weight is 176 g/mol. The Morgan fingerprint density at radius 1 is 1.08 bits per heavy atom. The number of ketones is 1. The van der Waals surface area contributed by atoms with Crippen LogP contribution < -0.4 is 0 Å². The molecule has 3 rings (SSSR count). The maximum absolute atomic E-state index is 11.9. The van der Waals surface area contributed by atoms with Crippen LogP contribution in [0.1, 0.15) is 44.9 Å². The highest BCUT2D eigenvalue weighted by Crippen LogP contribution is 2.73. The number of Topliss-reactive ketones (excluding diaryl/α,β-unsaturated/α-hetero) is 1. The van der Waals surface area contributed by atoms with Gasteiger partial charge in [-0.3, -0.25) is 4.79 Å². The maximum atomic E-state index is 11.9. The van der Waals surface area contributed by atoms with E-state index >= 15 is 0 Å². The highest BCUT2D eigenvalue weighted by Gasteiger charge is 2.68. The van der Waals surface area contributed by atoms with Gasteiger partial charge in [0.25, 0.3) is 0 Å². The summed E-state index contributed by atoms with van der Waals surface area (Å²) in [5.41, 5.74) is 1.78. The quantitative estimate of drug-likeness (QED) is 0.519. The summed E-state index contributed by atoms with van der Waals surface area (Å²) < 4.78 is 0. The van der Waals surface area contributed by atoms with Crippen molar-refractivity contribution in [2.45, 2.75) is 44.9 Å². The van der Waals surface area contributed by atoms with Crippen LogP contribution >= 0.6 is 0 Å². The van der Waals surface area contributed by atoms with Gasteiger partial charge in [-0.1, -0.05) is 25.0 Å². The Morgan fingerprint density at radius 3 is 2.38 bits per heavy atom. The predicted octanol–water partition coefficient (Wildman–Crippen LogP) is 2.86. The summed E-state index contributed by atoms with van der Waals surface area (Å²) in [6, 6.07) is 0. The molecule has 2 unspecified atom stereocenters. The first-order chi connectivity index (χ1) is 6.21. The molecule has 3 aliphatic rings. The third-order valence-electron chi connectivity index (χ3n) is 4.88. The molecule has 0 bridgehead atoms. The van der Waals surface area contributed by atoms with Crippen LogP contribution in [0.25, 0.3) is 0 Å². The Morgan fingerprint density at radius 2 is 1.77 bits per heavy atom. The molecule has 0 saturated heterocycles. The summed E-state index contributed by atoms with van der Waals surface area (Å²) in [4.78, 5) is 11.9. The zero-order chi connectivity index (χ0) is 9.10. The van der Waals surface area contributed by atoms with Gasteiger partial charge in [0.1, 0.15) is 5.78 Å². The summed E-state index contributed by atoms with van der Waals surface area (Å²) in [6.07, 6.45) is 7.95. The summed E-state index contributed by atoms with van der Waals surface area (Å²) in [6.45, 7) is 4.16. The van der Waals surface area contributed by atoms with Crippen molar-refractivity contribution in [1.29, 1.82) is 0 Å². The molecule has 0 aliphatic heterocycles. The molecule has 70 valence electrons. The van der Waals surface area contributed by atoms with E-state index in [-0.39, 0.29) is 5.41 Å². The second-order valence-corrected chi connectivity index (χ2v) is 5.07. The number of carbonyl (C=O) groups is 1. The van der Waals surface area contributed by atoms with Gasteiger partial charge in [0.15, 0.2) is 0 Å². The SMILES string of the molecule is C=C1CC23CCCCC12CCC3=O. The van der Waals surface area contributed by atoms with Crippen molar-refractivity contribution in [2.24, 2.45) is 10.8 Å². The van der Waals surface area contributed by atoms with Crippen LogP contribution in [0.3, 0.4) is 0 Å². The molecule has 3 saturated carbocycles. The Kier molecular flexibility index (Phi) is 1.24. The van der Waals surface area contributed by atoms with E-state index < -0.39 is 0 Å². The summed E-state index contributed by atoms with van der Waals surface area (Å²) in [5, 5.41) is 0. The van der Waals surface area contributed by atoms with Crippen LogP contribution in [0.5, 0.6) is 0 Å². The Labute approximate surface area is 79.2 Å². The lowest BCUT2D eigenvalue weighted by Crippen LogP contribution is -2.54. The fraction of sp³-hybridized carbons (Fsp3) is 0.750. The fourth-order valence-corrected chi connectivity index (χ4v) is 4.14. The van der Waals surface area contributed by atoms with Gasteiger partial charge in [-0.25, -0.2) is 0 Å². The van der Waals surface area contributed by atoms with Crippen LogP contribution in [0.4, 0.5) is 0 Å². The van der Waals surface area contributed by atoms with E-state index in [9.17, 15) is 4.79 Å². The Balaban J connectivity index is 2.10. The molecule has 0 aromatic carbocycles. The smallest absolute Gasteiger partial charge is 0.140 e. The second-order valence-electron chi connectivity index (χ2n) is 5.07. The van der Waals surface area contributed by atoms with Crippen LogP contribution in [0, 0.1) is 10.8 Å². The fourth-order valence-electron chi connectivity index (χ4n) is 4.14. The number of carbonyl (C=O) groups excluding carboxylic acids is 1. The second kappa shape index (κ2) is 2.08. The molecule has 1 nitrogen and oxygen atoms in total. The van der Waals surface area contributed by atoms with Gasteiger partial charge in [-0.2, -0.15) is 0 Å². The molecular weight excluding hydrogens is 160 g/mol. The van der Waals surface area contributed by atoms with Crippen molar-refractivity contribution < 1.29 is 4.79 Å². The summed E-state index contributed by atoms with van der Waals surface area (Å²) in [7, 11) is 0. The molecule has 3 aliphatic carbocycles. The van der Waals surface area contributed by atoms with E-state index in [2.05, 4.69) is 6.58 Å². The van der Waals surface area contributed by atoms with Gasteiger partial charge in [0.05, 0.1) is 0 Å². The zero-order valence-electron chi connectivity index (χ0n) is 8.07. The first-order valence-electron chi connectivity index (χ1n) is 5.43. The minimum atomic E-state index is 0.0995. The number of hydrogen-bond acceptors (Lipinski definition) is 1. The lowest BCUT2D eigenvalue weighted by Gasteiger charge is -2.59. The van der Waals surface area contributed by atoms with E-state index in [0.717, 1.165) is 25.7 Å². The van der Waals surface area contributed by atoms with Crippen LogP contribution in [0.15, 0.2) is 12.2 Å². The van der Waals surface area contributed by atoms with Crippen molar-refractivity contribution >= 4 is 5.78 Å². The van der Waals surface area contributed by atoms with Crippen molar-refractivity contribution in [3.63, 3.8) is 0 Å². The highest BCUT2D eigenvalue weighted by atomic mass is 16.1. The van der Waals surface area contributed by atoms with Crippen LogP contribution in [0.2, 0.25) is 0 Å². The molecule has 0 spiro atoms. The highest BCUT2D eigenvalue weighted by molar-refractivity contribution is 5.91. The van der Waals surface area contributed by atoms with E-state index in [1.165, 1.54) is 24.8 Å².